The summed E-state index contributed by atoms with van der Waals surface area (Å²) in [5.41, 5.74) is 2.81. The van der Waals surface area contributed by atoms with Crippen LogP contribution in [0.25, 0.3) is 0 Å². The molecule has 1 atom stereocenters. The summed E-state index contributed by atoms with van der Waals surface area (Å²) >= 11 is 0. The molecule has 0 spiro atoms. The Kier molecular flexibility index (Phi) is 4.09. The number of hydrogen-bond acceptors (Lipinski definition) is 3. The normalized spacial score (nSPS) is 21.5. The summed E-state index contributed by atoms with van der Waals surface area (Å²) in [7, 11) is 0. The van der Waals surface area contributed by atoms with E-state index in [0.29, 0.717) is 22.8 Å². The van der Waals surface area contributed by atoms with Crippen molar-refractivity contribution in [3.63, 3.8) is 0 Å². The third kappa shape index (κ3) is 3.02. The minimum atomic E-state index is -0.346. The van der Waals surface area contributed by atoms with E-state index in [1.807, 2.05) is 12.2 Å². The lowest BCUT2D eigenvalue weighted by atomic mass is 9.82. The molecule has 0 saturated carbocycles. The zero-order valence-corrected chi connectivity index (χ0v) is 14.2. The van der Waals surface area contributed by atoms with Crippen molar-refractivity contribution >= 4 is 17.5 Å². The Bertz CT molecular complexity index is 835. The highest BCUT2D eigenvalue weighted by Gasteiger charge is 2.28. The van der Waals surface area contributed by atoms with Gasteiger partial charge in [0.05, 0.1) is 11.3 Å². The van der Waals surface area contributed by atoms with Crippen molar-refractivity contribution in [1.82, 2.24) is 5.32 Å². The van der Waals surface area contributed by atoms with Crippen molar-refractivity contribution in [2.45, 2.75) is 27.7 Å². The van der Waals surface area contributed by atoms with Gasteiger partial charge in [-0.1, -0.05) is 19.9 Å². The van der Waals surface area contributed by atoms with Crippen molar-refractivity contribution < 1.29 is 14.0 Å². The first-order valence-electron chi connectivity index (χ1n) is 7.97. The van der Waals surface area contributed by atoms with Crippen LogP contribution in [0, 0.1) is 25.7 Å². The molecule has 0 saturated heterocycles. The first-order valence-corrected chi connectivity index (χ1v) is 7.97. The van der Waals surface area contributed by atoms with E-state index in [2.05, 4.69) is 24.2 Å². The summed E-state index contributed by atoms with van der Waals surface area (Å²) < 4.78 is 5.38. The van der Waals surface area contributed by atoms with Crippen LogP contribution < -0.4 is 5.32 Å². The molecule has 1 aliphatic heterocycles. The summed E-state index contributed by atoms with van der Waals surface area (Å²) in [6, 6.07) is 1.69. The fraction of sp³-hybridized carbons (Fsp3) is 0.316. The Labute approximate surface area is 140 Å². The summed E-state index contributed by atoms with van der Waals surface area (Å²) in [6.07, 6.45) is 7.21. The van der Waals surface area contributed by atoms with E-state index in [4.69, 9.17) is 4.42 Å². The van der Waals surface area contributed by atoms with E-state index in [-0.39, 0.29) is 23.7 Å². The van der Waals surface area contributed by atoms with Crippen LogP contribution in [0.2, 0.25) is 0 Å². The molecular formula is C19H20N2O3. The highest BCUT2D eigenvalue weighted by Crippen LogP contribution is 2.31. The molecule has 0 bridgehead atoms. The molecule has 0 fully saturated rings. The van der Waals surface area contributed by atoms with Gasteiger partial charge in [-0.15, -0.1) is 0 Å². The first-order chi connectivity index (χ1) is 11.3. The summed E-state index contributed by atoms with van der Waals surface area (Å²) in [4.78, 5) is 28.3. The van der Waals surface area contributed by atoms with Crippen LogP contribution in [0.4, 0.5) is 0 Å². The second kappa shape index (κ2) is 6.07. The molecule has 1 aromatic heterocycles. The number of furan rings is 1. The van der Waals surface area contributed by atoms with Crippen molar-refractivity contribution in [3.05, 3.63) is 58.7 Å². The molecule has 3 rings (SSSR count). The number of carbonyl (C=O) groups is 2. The van der Waals surface area contributed by atoms with Gasteiger partial charge in [0.2, 0.25) is 5.91 Å². The van der Waals surface area contributed by atoms with Gasteiger partial charge < -0.3 is 9.73 Å². The smallest absolute Gasteiger partial charge is 0.281 e. The lowest BCUT2D eigenvalue weighted by Crippen LogP contribution is -2.34. The number of rotatable bonds is 2. The minimum absolute atomic E-state index is 0.0367. The predicted octanol–water partition coefficient (Wildman–Crippen LogP) is 3.26. The second-order valence-corrected chi connectivity index (χ2v) is 6.39. The molecule has 2 aliphatic rings. The molecular weight excluding hydrogens is 304 g/mol. The van der Waals surface area contributed by atoms with E-state index in [0.717, 1.165) is 11.3 Å². The summed E-state index contributed by atoms with van der Waals surface area (Å²) in [6.45, 7) is 7.66. The molecule has 1 aromatic rings. The standard InChI is InChI=1S/C19H20N2O3/c1-10(2)15-9-18(22)21-17-8-13(5-6-14(15)17)20-19(23)16-7-11(3)24-12(16)4/h5-10,14H,1-4H3,(H,21,22). The number of allylic oxidation sites excluding steroid dienone is 3. The molecule has 5 heteroatoms. The van der Waals surface area contributed by atoms with Crippen molar-refractivity contribution in [2.24, 2.45) is 16.8 Å². The molecule has 2 heterocycles. The highest BCUT2D eigenvalue weighted by molar-refractivity contribution is 6.14. The van der Waals surface area contributed by atoms with E-state index in [1.54, 1.807) is 32.1 Å². The number of nitrogens with one attached hydrogen (secondary N) is 1. The van der Waals surface area contributed by atoms with Crippen LogP contribution in [0.3, 0.4) is 0 Å². The summed E-state index contributed by atoms with van der Waals surface area (Å²) in [5, 5.41) is 2.85. The second-order valence-electron chi connectivity index (χ2n) is 6.39. The maximum atomic E-state index is 12.3. The Morgan fingerprint density at radius 1 is 1.29 bits per heavy atom. The molecule has 1 N–H and O–H groups in total. The Morgan fingerprint density at radius 3 is 2.67 bits per heavy atom. The van der Waals surface area contributed by atoms with Crippen molar-refractivity contribution in [1.29, 1.82) is 0 Å². The van der Waals surface area contributed by atoms with Gasteiger partial charge in [-0.05, 0) is 43.6 Å². The predicted molar refractivity (Wildman–Crippen MR) is 91.7 cm³/mol. The van der Waals surface area contributed by atoms with Crippen LogP contribution in [0.1, 0.15) is 35.7 Å². The quantitative estimate of drug-likeness (QED) is 0.907. The minimum Gasteiger partial charge on any atom is -0.466 e. The molecule has 0 aromatic carbocycles. The van der Waals surface area contributed by atoms with Crippen molar-refractivity contribution in [2.75, 3.05) is 0 Å². The van der Waals surface area contributed by atoms with Crippen LogP contribution in [0.5, 0.6) is 0 Å². The van der Waals surface area contributed by atoms with Gasteiger partial charge in [0.1, 0.15) is 11.5 Å². The maximum Gasteiger partial charge on any atom is 0.281 e. The number of hydrogen-bond donors (Lipinski definition) is 1. The maximum absolute atomic E-state index is 12.3. The number of aryl methyl sites for hydroxylation is 2. The topological polar surface area (TPSA) is 71.7 Å². The van der Waals surface area contributed by atoms with Gasteiger partial charge in [-0.2, -0.15) is 0 Å². The lowest BCUT2D eigenvalue weighted by molar-refractivity contribution is -0.116. The van der Waals surface area contributed by atoms with E-state index < -0.39 is 0 Å². The number of fused-ring (bicyclic) bond motifs is 1. The van der Waals surface area contributed by atoms with Crippen LogP contribution in [-0.4, -0.2) is 17.5 Å². The third-order valence-electron chi connectivity index (χ3n) is 4.19. The molecule has 1 unspecified atom stereocenters. The van der Waals surface area contributed by atoms with Gasteiger partial charge in [0.15, 0.2) is 0 Å². The zero-order valence-electron chi connectivity index (χ0n) is 14.2. The Balaban J connectivity index is 1.90. The number of amides is 2. The monoisotopic (exact) mass is 324 g/mol. The summed E-state index contributed by atoms with van der Waals surface area (Å²) in [5.74, 6) is 1.06. The van der Waals surface area contributed by atoms with Gasteiger partial charge >= 0.3 is 0 Å². The molecule has 124 valence electrons. The van der Waals surface area contributed by atoms with Gasteiger partial charge in [-0.25, -0.2) is 4.99 Å². The fourth-order valence-corrected chi connectivity index (χ4v) is 3.04. The Morgan fingerprint density at radius 2 is 2.04 bits per heavy atom. The number of nitrogens with zero attached hydrogens (tertiary/aromatic N) is 1. The molecule has 2 amide bonds. The van der Waals surface area contributed by atoms with Gasteiger partial charge in [0.25, 0.3) is 5.91 Å². The molecule has 0 radical (unpaired) electrons. The first kappa shape index (κ1) is 16.2. The largest absolute Gasteiger partial charge is 0.466 e. The van der Waals surface area contributed by atoms with E-state index in [9.17, 15) is 9.59 Å². The zero-order chi connectivity index (χ0) is 17.4. The average Bonchev–Trinajstić information content (AvgIpc) is 2.84. The Hall–Kier alpha value is -2.69. The van der Waals surface area contributed by atoms with Crippen LogP contribution >= 0.6 is 0 Å². The van der Waals surface area contributed by atoms with Crippen LogP contribution in [-0.2, 0) is 4.79 Å². The highest BCUT2D eigenvalue weighted by atomic mass is 16.3. The molecule has 5 nitrogen and oxygen atoms in total. The van der Waals surface area contributed by atoms with Crippen LogP contribution in [0.15, 0.2) is 51.1 Å². The fourth-order valence-electron chi connectivity index (χ4n) is 3.04. The number of carbonyl (C=O) groups excluding carboxylic acids is 2. The average molecular weight is 324 g/mol. The van der Waals surface area contributed by atoms with Crippen molar-refractivity contribution in [3.8, 4) is 0 Å². The van der Waals surface area contributed by atoms with Gasteiger partial charge in [-0.3, -0.25) is 9.59 Å². The molecule has 1 aliphatic carbocycles. The lowest BCUT2D eigenvalue weighted by Gasteiger charge is -2.29. The van der Waals surface area contributed by atoms with E-state index >= 15 is 0 Å². The van der Waals surface area contributed by atoms with E-state index in [1.165, 1.54) is 0 Å². The number of aliphatic imine (C=N–C) groups is 1. The third-order valence-corrected chi connectivity index (χ3v) is 4.19. The molecule has 24 heavy (non-hydrogen) atoms. The SMILES string of the molecule is Cc1cc(C(=O)N=C2C=CC3C(=C2)NC(=O)C=C3C(C)C)c(C)o1. The van der Waals surface area contributed by atoms with Gasteiger partial charge in [0, 0.05) is 17.7 Å².